The quantitative estimate of drug-likeness (QED) is 0.689. The van der Waals surface area contributed by atoms with Gasteiger partial charge >= 0.3 is 5.97 Å². The van der Waals surface area contributed by atoms with Gasteiger partial charge in [-0.15, -0.1) is 11.3 Å². The van der Waals surface area contributed by atoms with Crippen molar-refractivity contribution in [3.8, 4) is 11.3 Å². The summed E-state index contributed by atoms with van der Waals surface area (Å²) in [6.45, 7) is 0. The molecule has 0 atom stereocenters. The topological polar surface area (TPSA) is 54.5 Å². The summed E-state index contributed by atoms with van der Waals surface area (Å²) in [5, 5.41) is 6.13. The number of aromatic nitrogens is 1. The van der Waals surface area contributed by atoms with E-state index in [2.05, 4.69) is 27.3 Å². The summed E-state index contributed by atoms with van der Waals surface area (Å²) in [4.78, 5) is 18.2. The van der Waals surface area contributed by atoms with Crippen molar-refractivity contribution in [1.82, 2.24) is 4.98 Å². The van der Waals surface area contributed by atoms with Gasteiger partial charge in [-0.1, -0.05) is 12.1 Å². The smallest absolute Gasteiger partial charge is 0.337 e. The Morgan fingerprint density at radius 1 is 1.08 bits per heavy atom. The Kier molecular flexibility index (Phi) is 5.00. The van der Waals surface area contributed by atoms with Crippen LogP contribution in [0.15, 0.2) is 53.9 Å². The molecule has 1 N–H and O–H groups in total. The molecular weight excluding hydrogens is 334 g/mol. The second kappa shape index (κ2) is 7.36. The molecule has 0 radical (unpaired) electrons. The van der Waals surface area contributed by atoms with Crippen molar-refractivity contribution in [2.75, 3.05) is 31.4 Å². The maximum Gasteiger partial charge on any atom is 0.337 e. The molecule has 0 aliphatic rings. The lowest BCUT2D eigenvalue weighted by Crippen LogP contribution is -2.08. The van der Waals surface area contributed by atoms with Crippen LogP contribution < -0.4 is 10.2 Å². The number of methoxy groups -OCH3 is 1. The van der Waals surface area contributed by atoms with Crippen LogP contribution in [0.2, 0.25) is 0 Å². The number of nitrogens with zero attached hydrogens (tertiary/aromatic N) is 2. The van der Waals surface area contributed by atoms with E-state index in [0.29, 0.717) is 5.56 Å². The molecular formula is C19H19N3O2S. The molecule has 128 valence electrons. The van der Waals surface area contributed by atoms with Gasteiger partial charge in [-0.3, -0.25) is 0 Å². The molecule has 3 rings (SSSR count). The molecule has 5 nitrogen and oxygen atoms in total. The first-order valence-corrected chi connectivity index (χ1v) is 8.63. The van der Waals surface area contributed by atoms with Crippen LogP contribution in [0, 0.1) is 0 Å². The first-order valence-electron chi connectivity index (χ1n) is 7.75. The molecule has 25 heavy (non-hydrogen) atoms. The van der Waals surface area contributed by atoms with Gasteiger partial charge in [-0.25, -0.2) is 9.78 Å². The largest absolute Gasteiger partial charge is 0.465 e. The zero-order chi connectivity index (χ0) is 17.8. The van der Waals surface area contributed by atoms with Gasteiger partial charge in [0.05, 0.1) is 18.4 Å². The van der Waals surface area contributed by atoms with Gasteiger partial charge in [0.15, 0.2) is 5.13 Å². The molecule has 0 fully saturated rings. The maximum absolute atomic E-state index is 11.5. The SMILES string of the molecule is COC(=O)c1ccc(-c2csc(Nc3ccc(N(C)C)cc3)n2)cc1. The van der Waals surface area contributed by atoms with E-state index in [9.17, 15) is 4.79 Å². The molecule has 0 bridgehead atoms. The molecule has 6 heteroatoms. The number of hydrogen-bond donors (Lipinski definition) is 1. The molecule has 0 amide bonds. The lowest BCUT2D eigenvalue weighted by atomic mass is 10.1. The Labute approximate surface area is 150 Å². The summed E-state index contributed by atoms with van der Waals surface area (Å²) < 4.78 is 4.71. The zero-order valence-corrected chi connectivity index (χ0v) is 15.1. The molecule has 0 saturated heterocycles. The summed E-state index contributed by atoms with van der Waals surface area (Å²) in [6.07, 6.45) is 0. The van der Waals surface area contributed by atoms with E-state index >= 15 is 0 Å². The van der Waals surface area contributed by atoms with Crippen molar-refractivity contribution in [2.45, 2.75) is 0 Å². The first-order chi connectivity index (χ1) is 12.1. The molecule has 0 aliphatic heterocycles. The number of thiazole rings is 1. The van der Waals surface area contributed by atoms with Crippen LogP contribution in [0.5, 0.6) is 0 Å². The average molecular weight is 353 g/mol. The average Bonchev–Trinajstić information content (AvgIpc) is 3.10. The number of rotatable bonds is 5. The monoisotopic (exact) mass is 353 g/mol. The Morgan fingerprint density at radius 2 is 1.76 bits per heavy atom. The van der Waals surface area contributed by atoms with Crippen molar-refractivity contribution < 1.29 is 9.53 Å². The van der Waals surface area contributed by atoms with Gasteiger partial charge in [0.25, 0.3) is 0 Å². The molecule has 0 unspecified atom stereocenters. The van der Waals surface area contributed by atoms with Crippen molar-refractivity contribution in [2.24, 2.45) is 0 Å². The second-order valence-electron chi connectivity index (χ2n) is 5.67. The van der Waals surface area contributed by atoms with Gasteiger partial charge in [0.1, 0.15) is 0 Å². The fourth-order valence-corrected chi connectivity index (χ4v) is 3.06. The highest BCUT2D eigenvalue weighted by molar-refractivity contribution is 7.14. The predicted octanol–water partition coefficient (Wildman–Crippen LogP) is 4.41. The molecule has 0 spiro atoms. The number of benzene rings is 2. The van der Waals surface area contributed by atoms with Crippen LogP contribution >= 0.6 is 11.3 Å². The number of nitrogens with one attached hydrogen (secondary N) is 1. The van der Waals surface area contributed by atoms with E-state index in [1.807, 2.05) is 43.7 Å². The Morgan fingerprint density at radius 3 is 2.36 bits per heavy atom. The normalized spacial score (nSPS) is 10.4. The minimum absolute atomic E-state index is 0.339. The molecule has 2 aromatic carbocycles. The lowest BCUT2D eigenvalue weighted by Gasteiger charge is -2.12. The molecule has 1 aromatic heterocycles. The third kappa shape index (κ3) is 3.97. The van der Waals surface area contributed by atoms with Crippen LogP contribution in [-0.4, -0.2) is 32.2 Å². The van der Waals surface area contributed by atoms with Crippen molar-refractivity contribution in [3.63, 3.8) is 0 Å². The maximum atomic E-state index is 11.5. The highest BCUT2D eigenvalue weighted by Gasteiger charge is 2.08. The number of hydrogen-bond acceptors (Lipinski definition) is 6. The van der Waals surface area contributed by atoms with Gasteiger partial charge in [-0.05, 0) is 36.4 Å². The van der Waals surface area contributed by atoms with E-state index in [1.165, 1.54) is 7.11 Å². The van der Waals surface area contributed by atoms with Crippen LogP contribution in [-0.2, 0) is 4.74 Å². The number of carbonyl (C=O) groups is 1. The summed E-state index contributed by atoms with van der Waals surface area (Å²) >= 11 is 1.54. The van der Waals surface area contributed by atoms with Crippen LogP contribution in [0.3, 0.4) is 0 Å². The van der Waals surface area contributed by atoms with E-state index < -0.39 is 0 Å². The minimum Gasteiger partial charge on any atom is -0.465 e. The van der Waals surface area contributed by atoms with Crippen molar-refractivity contribution in [1.29, 1.82) is 0 Å². The standard InChI is InChI=1S/C19H19N3O2S/c1-22(2)16-10-8-15(9-11-16)20-19-21-17(12-25-19)13-4-6-14(7-5-13)18(23)24-3/h4-12H,1-3H3,(H,20,21). The lowest BCUT2D eigenvalue weighted by molar-refractivity contribution is 0.0601. The summed E-state index contributed by atoms with van der Waals surface area (Å²) in [5.41, 5.74) is 4.50. The molecule has 0 saturated carbocycles. The van der Waals surface area contributed by atoms with Crippen LogP contribution in [0.4, 0.5) is 16.5 Å². The number of anilines is 3. The predicted molar refractivity (Wildman–Crippen MR) is 103 cm³/mol. The third-order valence-corrected chi connectivity index (χ3v) is 4.50. The van der Waals surface area contributed by atoms with Gasteiger partial charge in [0.2, 0.25) is 0 Å². The number of ether oxygens (including phenoxy) is 1. The van der Waals surface area contributed by atoms with E-state index in [-0.39, 0.29) is 5.97 Å². The van der Waals surface area contributed by atoms with Crippen LogP contribution in [0.25, 0.3) is 11.3 Å². The summed E-state index contributed by atoms with van der Waals surface area (Å²) in [7, 11) is 5.40. The fourth-order valence-electron chi connectivity index (χ4n) is 2.33. The van der Waals surface area contributed by atoms with Crippen molar-refractivity contribution in [3.05, 3.63) is 59.5 Å². The van der Waals surface area contributed by atoms with E-state index in [4.69, 9.17) is 4.74 Å². The molecule has 1 heterocycles. The highest BCUT2D eigenvalue weighted by atomic mass is 32.1. The third-order valence-electron chi connectivity index (χ3n) is 3.74. The Balaban J connectivity index is 1.72. The van der Waals surface area contributed by atoms with Gasteiger partial charge < -0.3 is 15.0 Å². The summed E-state index contributed by atoms with van der Waals surface area (Å²) in [5.74, 6) is -0.339. The number of esters is 1. The van der Waals surface area contributed by atoms with Gasteiger partial charge in [-0.2, -0.15) is 0 Å². The number of carbonyl (C=O) groups excluding carboxylic acids is 1. The van der Waals surface area contributed by atoms with Gasteiger partial charge in [0, 0.05) is 36.4 Å². The summed E-state index contributed by atoms with van der Waals surface area (Å²) in [6, 6.07) is 15.4. The van der Waals surface area contributed by atoms with E-state index in [1.54, 1.807) is 23.5 Å². The molecule has 3 aromatic rings. The molecule has 0 aliphatic carbocycles. The van der Waals surface area contributed by atoms with E-state index in [0.717, 1.165) is 27.8 Å². The van der Waals surface area contributed by atoms with Crippen molar-refractivity contribution >= 4 is 33.8 Å². The fraction of sp³-hybridized carbons (Fsp3) is 0.158. The zero-order valence-electron chi connectivity index (χ0n) is 14.3. The first kappa shape index (κ1) is 17.0. The Bertz CT molecular complexity index is 855. The second-order valence-corrected chi connectivity index (χ2v) is 6.53. The van der Waals surface area contributed by atoms with Crippen LogP contribution in [0.1, 0.15) is 10.4 Å². The highest BCUT2D eigenvalue weighted by Crippen LogP contribution is 2.28. The Hall–Kier alpha value is -2.86. The minimum atomic E-state index is -0.339.